The van der Waals surface area contributed by atoms with Gasteiger partial charge in [0, 0.05) is 25.6 Å². The Balaban J connectivity index is 2.73. The zero-order valence-corrected chi connectivity index (χ0v) is 11.9. The first-order valence-corrected chi connectivity index (χ1v) is 6.51. The molecule has 0 aliphatic heterocycles. The average Bonchev–Trinajstić information content (AvgIpc) is 2.42. The summed E-state index contributed by atoms with van der Waals surface area (Å²) in [4.78, 5) is 24.3. The molecule has 0 aliphatic carbocycles. The molecule has 1 aromatic carbocycles. The number of nitrogens with zero attached hydrogens (tertiary/aromatic N) is 1. The number of ether oxygens (including phenoxy) is 1. The number of primary amides is 1. The van der Waals surface area contributed by atoms with Crippen molar-refractivity contribution in [3.05, 3.63) is 23.8 Å². The second kappa shape index (κ2) is 7.37. The highest BCUT2D eigenvalue weighted by Gasteiger charge is 2.14. The van der Waals surface area contributed by atoms with Gasteiger partial charge in [0.2, 0.25) is 5.91 Å². The van der Waals surface area contributed by atoms with E-state index < -0.39 is 5.91 Å². The first-order valence-electron chi connectivity index (χ1n) is 6.51. The van der Waals surface area contributed by atoms with Crippen molar-refractivity contribution in [2.75, 3.05) is 25.9 Å². The minimum atomic E-state index is -0.438. The molecule has 0 fully saturated rings. The van der Waals surface area contributed by atoms with Crippen LogP contribution >= 0.6 is 0 Å². The number of nitrogens with two attached hydrogens (primary N) is 2. The number of carbonyl (C=O) groups is 2. The summed E-state index contributed by atoms with van der Waals surface area (Å²) in [5, 5.41) is 0. The highest BCUT2D eigenvalue weighted by atomic mass is 16.5. The normalized spacial score (nSPS) is 10.1. The predicted molar refractivity (Wildman–Crippen MR) is 77.4 cm³/mol. The molecule has 0 spiro atoms. The molecule has 1 rings (SSSR count). The summed E-state index contributed by atoms with van der Waals surface area (Å²) >= 11 is 0. The van der Waals surface area contributed by atoms with E-state index in [4.69, 9.17) is 16.2 Å². The van der Waals surface area contributed by atoms with Gasteiger partial charge in [-0.2, -0.15) is 0 Å². The van der Waals surface area contributed by atoms with Crippen LogP contribution < -0.4 is 16.2 Å². The first-order chi connectivity index (χ1) is 9.45. The monoisotopic (exact) mass is 279 g/mol. The third-order valence-electron chi connectivity index (χ3n) is 2.76. The van der Waals surface area contributed by atoms with Crippen LogP contribution in [0.1, 0.15) is 30.1 Å². The maximum Gasteiger partial charge on any atom is 0.253 e. The lowest BCUT2D eigenvalue weighted by Gasteiger charge is -2.17. The van der Waals surface area contributed by atoms with Crippen molar-refractivity contribution in [1.29, 1.82) is 0 Å². The van der Waals surface area contributed by atoms with E-state index in [1.54, 1.807) is 25.2 Å². The van der Waals surface area contributed by atoms with Crippen LogP contribution in [0.4, 0.5) is 5.69 Å². The molecule has 6 nitrogen and oxygen atoms in total. The van der Waals surface area contributed by atoms with E-state index in [-0.39, 0.29) is 18.9 Å². The molecule has 0 saturated heterocycles. The number of carbonyl (C=O) groups excluding carboxylic acids is 2. The fourth-order valence-electron chi connectivity index (χ4n) is 1.62. The van der Waals surface area contributed by atoms with E-state index in [2.05, 4.69) is 0 Å². The summed E-state index contributed by atoms with van der Waals surface area (Å²) in [6, 6.07) is 4.92. The van der Waals surface area contributed by atoms with E-state index >= 15 is 0 Å². The number of anilines is 1. The summed E-state index contributed by atoms with van der Waals surface area (Å²) in [7, 11) is 1.61. The summed E-state index contributed by atoms with van der Waals surface area (Å²) < 4.78 is 5.45. The van der Waals surface area contributed by atoms with Crippen molar-refractivity contribution in [3.63, 3.8) is 0 Å². The second-order valence-corrected chi connectivity index (χ2v) is 4.54. The van der Waals surface area contributed by atoms with Gasteiger partial charge in [0.15, 0.2) is 0 Å². The van der Waals surface area contributed by atoms with Gasteiger partial charge >= 0.3 is 0 Å². The SMILES string of the molecule is CCCOc1ccc(C(=O)N(C)CCC(N)=O)cc1N. The van der Waals surface area contributed by atoms with Crippen LogP contribution in [-0.4, -0.2) is 36.9 Å². The fourth-order valence-corrected chi connectivity index (χ4v) is 1.62. The third-order valence-corrected chi connectivity index (χ3v) is 2.76. The number of rotatable bonds is 7. The quantitative estimate of drug-likeness (QED) is 0.727. The molecule has 0 radical (unpaired) electrons. The van der Waals surface area contributed by atoms with Crippen molar-refractivity contribution >= 4 is 17.5 Å². The van der Waals surface area contributed by atoms with E-state index in [0.29, 0.717) is 23.6 Å². The molecular formula is C14H21N3O3. The lowest BCUT2D eigenvalue weighted by atomic mass is 10.1. The maximum atomic E-state index is 12.1. The van der Waals surface area contributed by atoms with Crippen LogP contribution in [0.25, 0.3) is 0 Å². The summed E-state index contributed by atoms with van der Waals surface area (Å²) in [6.07, 6.45) is 1.02. The molecule has 0 atom stereocenters. The topological polar surface area (TPSA) is 98.6 Å². The molecule has 110 valence electrons. The minimum Gasteiger partial charge on any atom is -0.491 e. The summed E-state index contributed by atoms with van der Waals surface area (Å²) in [6.45, 7) is 2.86. The van der Waals surface area contributed by atoms with Crippen molar-refractivity contribution in [2.45, 2.75) is 19.8 Å². The molecule has 0 aliphatic rings. The molecule has 4 N–H and O–H groups in total. The van der Waals surface area contributed by atoms with Crippen LogP contribution in [0.3, 0.4) is 0 Å². The van der Waals surface area contributed by atoms with Crippen molar-refractivity contribution in [2.24, 2.45) is 5.73 Å². The molecule has 0 aromatic heterocycles. The largest absolute Gasteiger partial charge is 0.491 e. The number of benzene rings is 1. The van der Waals surface area contributed by atoms with Gasteiger partial charge in [-0.05, 0) is 24.6 Å². The predicted octanol–water partition coefficient (Wildman–Crippen LogP) is 1.01. The molecule has 1 aromatic rings. The van der Waals surface area contributed by atoms with Gasteiger partial charge in [0.05, 0.1) is 12.3 Å². The Bertz CT molecular complexity index is 489. The highest BCUT2D eigenvalue weighted by molar-refractivity contribution is 5.95. The third kappa shape index (κ3) is 4.46. The van der Waals surface area contributed by atoms with Gasteiger partial charge in [-0.3, -0.25) is 9.59 Å². The Morgan fingerprint density at radius 3 is 2.60 bits per heavy atom. The van der Waals surface area contributed by atoms with Crippen LogP contribution in [0.2, 0.25) is 0 Å². The Morgan fingerprint density at radius 2 is 2.05 bits per heavy atom. The van der Waals surface area contributed by atoms with Gasteiger partial charge in [-0.25, -0.2) is 0 Å². The Morgan fingerprint density at radius 1 is 1.35 bits per heavy atom. The Hall–Kier alpha value is -2.24. The van der Waals surface area contributed by atoms with Gasteiger partial charge in [0.25, 0.3) is 5.91 Å². The zero-order chi connectivity index (χ0) is 15.1. The molecule has 6 heteroatoms. The van der Waals surface area contributed by atoms with E-state index in [9.17, 15) is 9.59 Å². The molecular weight excluding hydrogens is 258 g/mol. The number of hydrogen-bond acceptors (Lipinski definition) is 4. The van der Waals surface area contributed by atoms with Crippen LogP contribution in [0.5, 0.6) is 5.75 Å². The maximum absolute atomic E-state index is 12.1. The van der Waals surface area contributed by atoms with E-state index in [1.165, 1.54) is 4.90 Å². The first kappa shape index (κ1) is 15.8. The zero-order valence-electron chi connectivity index (χ0n) is 11.9. The van der Waals surface area contributed by atoms with Crippen LogP contribution in [-0.2, 0) is 4.79 Å². The van der Waals surface area contributed by atoms with Gasteiger partial charge < -0.3 is 21.1 Å². The van der Waals surface area contributed by atoms with Crippen molar-refractivity contribution in [3.8, 4) is 5.75 Å². The van der Waals surface area contributed by atoms with Gasteiger partial charge in [0.1, 0.15) is 5.75 Å². The van der Waals surface area contributed by atoms with Crippen molar-refractivity contribution in [1.82, 2.24) is 4.90 Å². The number of hydrogen-bond donors (Lipinski definition) is 2. The minimum absolute atomic E-state index is 0.134. The van der Waals surface area contributed by atoms with Crippen LogP contribution in [0, 0.1) is 0 Å². The van der Waals surface area contributed by atoms with E-state index in [0.717, 1.165) is 6.42 Å². The second-order valence-electron chi connectivity index (χ2n) is 4.54. The van der Waals surface area contributed by atoms with Gasteiger partial charge in [-0.1, -0.05) is 6.92 Å². The fraction of sp³-hybridized carbons (Fsp3) is 0.429. The molecule has 0 unspecified atom stereocenters. The molecule has 0 heterocycles. The number of amides is 2. The van der Waals surface area contributed by atoms with Crippen molar-refractivity contribution < 1.29 is 14.3 Å². The van der Waals surface area contributed by atoms with Crippen LogP contribution in [0.15, 0.2) is 18.2 Å². The lowest BCUT2D eigenvalue weighted by Crippen LogP contribution is -2.30. The average molecular weight is 279 g/mol. The molecule has 2 amide bonds. The van der Waals surface area contributed by atoms with Gasteiger partial charge in [-0.15, -0.1) is 0 Å². The Kier molecular flexibility index (Phi) is 5.83. The lowest BCUT2D eigenvalue weighted by molar-refractivity contribution is -0.118. The molecule has 0 bridgehead atoms. The molecule has 20 heavy (non-hydrogen) atoms. The number of nitrogen functional groups attached to an aromatic ring is 1. The standard InChI is InChI=1S/C14H21N3O3/c1-3-8-20-12-5-4-10(9-11(12)15)14(19)17(2)7-6-13(16)18/h4-5,9H,3,6-8,15H2,1-2H3,(H2,16,18). The highest BCUT2D eigenvalue weighted by Crippen LogP contribution is 2.23. The Labute approximate surface area is 118 Å². The van der Waals surface area contributed by atoms with E-state index in [1.807, 2.05) is 6.92 Å². The molecule has 0 saturated carbocycles. The summed E-state index contributed by atoms with van der Waals surface area (Å²) in [5.41, 5.74) is 11.8. The smallest absolute Gasteiger partial charge is 0.253 e. The summed E-state index contributed by atoms with van der Waals surface area (Å²) in [5.74, 6) is -0.0735.